The molecule has 0 amide bonds. The van der Waals surface area contributed by atoms with E-state index in [-0.39, 0.29) is 11.9 Å². The summed E-state index contributed by atoms with van der Waals surface area (Å²) in [6, 6.07) is 38.3. The lowest BCUT2D eigenvalue weighted by Gasteiger charge is -2.33. The molecule has 0 radical (unpaired) electrons. The molecule has 5 nitrogen and oxygen atoms in total. The van der Waals surface area contributed by atoms with Gasteiger partial charge < -0.3 is 19.3 Å². The Morgan fingerprint density at radius 3 is 1.95 bits per heavy atom. The Morgan fingerprint density at radius 1 is 0.721 bits per heavy atom. The minimum absolute atomic E-state index is 0.302. The highest BCUT2D eigenvalue weighted by atomic mass is 35.5. The Labute approximate surface area is 257 Å². The monoisotopic (exact) mass is 588 g/mol. The number of hydrogen-bond donors (Lipinski definition) is 0. The highest BCUT2D eigenvalue weighted by Gasteiger charge is 2.34. The number of para-hydroxylation sites is 2. The molecule has 0 saturated carbocycles. The van der Waals surface area contributed by atoms with Gasteiger partial charge in [-0.25, -0.2) is 4.79 Å². The maximum Gasteiger partial charge on any atom is 0.338 e. The number of methoxy groups -OCH3 is 1. The average Bonchev–Trinajstić information content (AvgIpc) is 3.05. The van der Waals surface area contributed by atoms with Crippen LogP contribution in [0.1, 0.15) is 46.8 Å². The van der Waals surface area contributed by atoms with Gasteiger partial charge in [-0.1, -0.05) is 72.3 Å². The zero-order chi connectivity index (χ0) is 29.9. The first-order chi connectivity index (χ1) is 21.0. The van der Waals surface area contributed by atoms with Crippen LogP contribution in [0.4, 0.5) is 22.7 Å². The standard InChI is InChI=1S/C37H33ClN2O3/c1-4-39(5-2)27-20-21-30-34(22-27)43-35-24-32(38)33(40(25-14-8-6-9-15-25)26-16-10-7-11-17-26)23-31(35)36(30)28-18-12-13-19-29(28)37(41)42-3/h6-24,36H,4-5H2,1-3H3. The first-order valence-corrected chi connectivity index (χ1v) is 14.9. The van der Waals surface area contributed by atoms with Crippen molar-refractivity contribution in [1.29, 1.82) is 0 Å². The summed E-state index contributed by atoms with van der Waals surface area (Å²) in [7, 11) is 1.41. The quantitative estimate of drug-likeness (QED) is 0.166. The predicted octanol–water partition coefficient (Wildman–Crippen LogP) is 9.73. The van der Waals surface area contributed by atoms with Gasteiger partial charge in [0.15, 0.2) is 0 Å². The van der Waals surface area contributed by atoms with Gasteiger partial charge in [0.2, 0.25) is 0 Å². The predicted molar refractivity (Wildman–Crippen MR) is 175 cm³/mol. The van der Waals surface area contributed by atoms with E-state index in [0.29, 0.717) is 16.3 Å². The minimum Gasteiger partial charge on any atom is -0.465 e. The number of carbonyl (C=O) groups is 1. The zero-order valence-electron chi connectivity index (χ0n) is 24.5. The van der Waals surface area contributed by atoms with Gasteiger partial charge in [-0.2, -0.15) is 0 Å². The van der Waals surface area contributed by atoms with Crippen molar-refractivity contribution in [2.75, 3.05) is 30.0 Å². The van der Waals surface area contributed by atoms with Crippen molar-refractivity contribution in [2.24, 2.45) is 0 Å². The molecule has 216 valence electrons. The summed E-state index contributed by atoms with van der Waals surface area (Å²) in [6.07, 6.45) is 0. The maximum absolute atomic E-state index is 13.0. The van der Waals surface area contributed by atoms with E-state index in [0.717, 1.165) is 58.3 Å². The summed E-state index contributed by atoms with van der Waals surface area (Å²) in [4.78, 5) is 17.5. The van der Waals surface area contributed by atoms with E-state index >= 15 is 0 Å². The fourth-order valence-corrected chi connectivity index (χ4v) is 6.17. The number of rotatable bonds is 8. The van der Waals surface area contributed by atoms with Crippen molar-refractivity contribution < 1.29 is 14.3 Å². The smallest absolute Gasteiger partial charge is 0.338 e. The van der Waals surface area contributed by atoms with Gasteiger partial charge in [0, 0.05) is 59.3 Å². The average molecular weight is 589 g/mol. The van der Waals surface area contributed by atoms with Gasteiger partial charge in [-0.05, 0) is 61.9 Å². The molecule has 0 bridgehead atoms. The molecule has 0 saturated heterocycles. The first kappa shape index (κ1) is 28.4. The third-order valence-electron chi connectivity index (χ3n) is 7.99. The molecule has 1 aliphatic rings. The molecule has 1 heterocycles. The zero-order valence-corrected chi connectivity index (χ0v) is 25.2. The summed E-state index contributed by atoms with van der Waals surface area (Å²) >= 11 is 7.10. The molecule has 5 aromatic rings. The fourth-order valence-electron chi connectivity index (χ4n) is 5.93. The van der Waals surface area contributed by atoms with Gasteiger partial charge >= 0.3 is 5.97 Å². The second-order valence-electron chi connectivity index (χ2n) is 10.4. The highest BCUT2D eigenvalue weighted by molar-refractivity contribution is 6.33. The van der Waals surface area contributed by atoms with Gasteiger partial charge in [0.25, 0.3) is 0 Å². The summed E-state index contributed by atoms with van der Waals surface area (Å²) in [6.45, 7) is 6.04. The Hall–Kier alpha value is -4.74. The molecule has 1 unspecified atom stereocenters. The number of anilines is 4. The van der Waals surface area contributed by atoms with E-state index in [1.165, 1.54) is 7.11 Å². The Bertz CT molecular complexity index is 1710. The van der Waals surface area contributed by atoms with Crippen molar-refractivity contribution in [2.45, 2.75) is 19.8 Å². The Morgan fingerprint density at radius 2 is 1.33 bits per heavy atom. The second-order valence-corrected chi connectivity index (χ2v) is 10.8. The molecule has 0 spiro atoms. The number of halogens is 1. The molecule has 6 heteroatoms. The van der Waals surface area contributed by atoms with E-state index in [9.17, 15) is 4.79 Å². The van der Waals surface area contributed by atoms with Crippen LogP contribution in [0.15, 0.2) is 115 Å². The van der Waals surface area contributed by atoms with Gasteiger partial charge in [-0.15, -0.1) is 0 Å². The fraction of sp³-hybridized carbons (Fsp3) is 0.162. The molecule has 1 atom stereocenters. The molecule has 5 aromatic carbocycles. The van der Waals surface area contributed by atoms with Crippen LogP contribution in [0.2, 0.25) is 5.02 Å². The molecular weight excluding hydrogens is 556 g/mol. The number of ether oxygens (including phenoxy) is 2. The van der Waals surface area contributed by atoms with Crippen LogP contribution in [0.3, 0.4) is 0 Å². The van der Waals surface area contributed by atoms with Crippen LogP contribution >= 0.6 is 11.6 Å². The third-order valence-corrected chi connectivity index (χ3v) is 8.30. The topological polar surface area (TPSA) is 42.0 Å². The van der Waals surface area contributed by atoms with Gasteiger partial charge in [0.1, 0.15) is 11.5 Å². The van der Waals surface area contributed by atoms with E-state index in [1.54, 1.807) is 0 Å². The molecule has 0 aromatic heterocycles. The van der Waals surface area contributed by atoms with Crippen LogP contribution in [0.25, 0.3) is 0 Å². The summed E-state index contributed by atoms with van der Waals surface area (Å²) in [5.74, 6) is 0.718. The van der Waals surface area contributed by atoms with E-state index < -0.39 is 0 Å². The maximum atomic E-state index is 13.0. The van der Waals surface area contributed by atoms with E-state index in [4.69, 9.17) is 21.1 Å². The summed E-state index contributed by atoms with van der Waals surface area (Å²) in [5, 5.41) is 0.551. The van der Waals surface area contributed by atoms with Crippen LogP contribution in [0.5, 0.6) is 11.5 Å². The van der Waals surface area contributed by atoms with E-state index in [2.05, 4.69) is 72.2 Å². The number of esters is 1. The second kappa shape index (κ2) is 12.2. The lowest BCUT2D eigenvalue weighted by molar-refractivity contribution is 0.0599. The van der Waals surface area contributed by atoms with Crippen molar-refractivity contribution in [3.63, 3.8) is 0 Å². The van der Waals surface area contributed by atoms with Crippen LogP contribution < -0.4 is 14.5 Å². The third kappa shape index (κ3) is 5.33. The van der Waals surface area contributed by atoms with Crippen molar-refractivity contribution in [3.05, 3.63) is 143 Å². The highest BCUT2D eigenvalue weighted by Crippen LogP contribution is 2.52. The van der Waals surface area contributed by atoms with Crippen LogP contribution in [0, 0.1) is 0 Å². The molecule has 0 fully saturated rings. The van der Waals surface area contributed by atoms with Gasteiger partial charge in [-0.3, -0.25) is 0 Å². The number of benzene rings is 5. The number of carbonyl (C=O) groups excluding carboxylic acids is 1. The molecule has 6 rings (SSSR count). The normalized spacial score (nSPS) is 13.3. The molecule has 1 aliphatic heterocycles. The molecular formula is C37H33ClN2O3. The van der Waals surface area contributed by atoms with E-state index in [1.807, 2.05) is 66.7 Å². The minimum atomic E-state index is -0.380. The molecule has 43 heavy (non-hydrogen) atoms. The number of fused-ring (bicyclic) bond motifs is 2. The SMILES string of the molecule is CCN(CC)c1ccc2c(c1)Oc1cc(Cl)c(N(c3ccccc3)c3ccccc3)cc1C2c1ccccc1C(=O)OC. The van der Waals surface area contributed by atoms with Crippen molar-refractivity contribution in [1.82, 2.24) is 0 Å². The van der Waals surface area contributed by atoms with Crippen LogP contribution in [-0.4, -0.2) is 26.2 Å². The lowest BCUT2D eigenvalue weighted by atomic mass is 9.80. The number of nitrogens with zero attached hydrogens (tertiary/aromatic N) is 2. The Kier molecular flexibility index (Phi) is 8.08. The summed E-state index contributed by atoms with van der Waals surface area (Å²) in [5.41, 5.74) is 7.08. The molecule has 0 N–H and O–H groups in total. The lowest BCUT2D eigenvalue weighted by Crippen LogP contribution is -2.22. The molecule has 0 aliphatic carbocycles. The largest absolute Gasteiger partial charge is 0.465 e. The Balaban J connectivity index is 1.60. The van der Waals surface area contributed by atoms with Crippen molar-refractivity contribution >= 4 is 40.3 Å². The summed E-state index contributed by atoms with van der Waals surface area (Å²) < 4.78 is 11.8. The van der Waals surface area contributed by atoms with Crippen LogP contribution in [-0.2, 0) is 4.74 Å². The number of hydrogen-bond acceptors (Lipinski definition) is 5. The van der Waals surface area contributed by atoms with Gasteiger partial charge in [0.05, 0.1) is 23.4 Å². The first-order valence-electron chi connectivity index (χ1n) is 14.5. The van der Waals surface area contributed by atoms with Crippen molar-refractivity contribution in [3.8, 4) is 11.5 Å².